The van der Waals surface area contributed by atoms with Crippen molar-refractivity contribution in [2.75, 3.05) is 18.6 Å². The smallest absolute Gasteiger partial charge is 0.417 e. The lowest BCUT2D eigenvalue weighted by molar-refractivity contribution is -0.139. The van der Waals surface area contributed by atoms with Gasteiger partial charge in [0.15, 0.2) is 0 Å². The molecule has 1 N–H and O–H groups in total. The number of aromatic nitrogens is 1. The van der Waals surface area contributed by atoms with Crippen molar-refractivity contribution in [1.29, 1.82) is 0 Å². The Bertz CT molecular complexity index is 1570. The molecular formula is C28H25F4NO6S. The Labute approximate surface area is 227 Å². The summed E-state index contributed by atoms with van der Waals surface area (Å²) in [7, 11) is -3.23. The van der Waals surface area contributed by atoms with Crippen molar-refractivity contribution in [3.63, 3.8) is 0 Å². The van der Waals surface area contributed by atoms with E-state index < -0.39 is 33.4 Å². The normalized spacial score (nSPS) is 19.6. The molecule has 0 spiro atoms. The highest BCUT2D eigenvalue weighted by Crippen LogP contribution is 2.61. The van der Waals surface area contributed by atoms with Gasteiger partial charge in [-0.3, -0.25) is 4.79 Å². The minimum atomic E-state index is -4.76. The van der Waals surface area contributed by atoms with E-state index in [2.05, 4.69) is 4.98 Å². The molecule has 2 aromatic carbocycles. The van der Waals surface area contributed by atoms with Crippen LogP contribution >= 0.6 is 0 Å². The third-order valence-electron chi connectivity index (χ3n) is 7.23. The number of carboxylic acid groups (broad SMARTS) is 1. The first kappa shape index (κ1) is 27.9. The molecule has 1 heterocycles. The summed E-state index contributed by atoms with van der Waals surface area (Å²) < 4.78 is 89.8. The van der Waals surface area contributed by atoms with Crippen molar-refractivity contribution in [2.24, 2.45) is 11.8 Å². The van der Waals surface area contributed by atoms with Gasteiger partial charge in [-0.2, -0.15) is 13.2 Å². The number of ether oxygens (including phenoxy) is 2. The molecule has 1 unspecified atom stereocenters. The first-order valence-corrected chi connectivity index (χ1v) is 14.5. The summed E-state index contributed by atoms with van der Waals surface area (Å²) in [5.41, 5.74) is 0.780. The van der Waals surface area contributed by atoms with E-state index in [1.807, 2.05) is 6.07 Å². The number of benzene rings is 2. The summed E-state index contributed by atoms with van der Waals surface area (Å²) in [6.45, 7) is -0.363. The largest absolute Gasteiger partial charge is 0.489 e. The van der Waals surface area contributed by atoms with Gasteiger partial charge in [0.05, 0.1) is 23.8 Å². The van der Waals surface area contributed by atoms with Gasteiger partial charge < -0.3 is 14.6 Å². The van der Waals surface area contributed by atoms with Crippen molar-refractivity contribution < 1.29 is 45.4 Å². The molecule has 2 aliphatic rings. The third-order valence-corrected chi connectivity index (χ3v) is 8.26. The van der Waals surface area contributed by atoms with Crippen LogP contribution in [0.25, 0.3) is 11.1 Å². The van der Waals surface area contributed by atoms with E-state index in [0.29, 0.717) is 12.2 Å². The van der Waals surface area contributed by atoms with Crippen molar-refractivity contribution in [3.8, 4) is 22.8 Å². The Balaban J connectivity index is 1.31. The fourth-order valence-corrected chi connectivity index (χ4v) is 5.95. The van der Waals surface area contributed by atoms with Gasteiger partial charge in [-0.25, -0.2) is 17.8 Å². The fraction of sp³-hybridized carbons (Fsp3) is 0.357. The number of carboxylic acids is 1. The molecule has 2 aliphatic carbocycles. The van der Waals surface area contributed by atoms with Crippen LogP contribution in [0.1, 0.15) is 34.6 Å². The number of alkyl halides is 3. The molecule has 212 valence electrons. The number of fused-ring (bicyclic) bond motifs is 3. The highest BCUT2D eigenvalue weighted by atomic mass is 32.2. The second-order valence-electron chi connectivity index (χ2n) is 10.1. The topological polar surface area (TPSA) is 103 Å². The average Bonchev–Trinajstić information content (AvgIpc) is 3.47. The number of pyridine rings is 1. The molecule has 0 saturated heterocycles. The minimum absolute atomic E-state index is 0.0105. The van der Waals surface area contributed by atoms with E-state index in [4.69, 9.17) is 9.47 Å². The van der Waals surface area contributed by atoms with Gasteiger partial charge in [-0.05, 0) is 59.7 Å². The quantitative estimate of drug-likeness (QED) is 0.258. The fourth-order valence-electron chi connectivity index (χ4n) is 5.31. The molecule has 0 bridgehead atoms. The molecule has 1 saturated carbocycles. The van der Waals surface area contributed by atoms with Gasteiger partial charge in [-0.1, -0.05) is 12.1 Å². The van der Waals surface area contributed by atoms with Crippen molar-refractivity contribution in [3.05, 3.63) is 76.7 Å². The maximum absolute atomic E-state index is 14.6. The first-order chi connectivity index (χ1) is 18.8. The highest BCUT2D eigenvalue weighted by Gasteiger charge is 2.59. The van der Waals surface area contributed by atoms with Gasteiger partial charge in [0.2, 0.25) is 5.88 Å². The molecule has 12 heteroatoms. The van der Waals surface area contributed by atoms with E-state index >= 15 is 0 Å². The van der Waals surface area contributed by atoms with E-state index in [9.17, 15) is 35.9 Å². The zero-order chi connectivity index (χ0) is 28.8. The summed E-state index contributed by atoms with van der Waals surface area (Å²) in [6, 6.07) is 9.58. The molecule has 3 atom stereocenters. The molecule has 7 nitrogen and oxygen atoms in total. The lowest BCUT2D eigenvalue weighted by atomic mass is 9.99. The number of hydrogen-bond donors (Lipinski definition) is 1. The van der Waals surface area contributed by atoms with Crippen LogP contribution in [0.2, 0.25) is 0 Å². The molecule has 1 aromatic heterocycles. The molecule has 3 aromatic rings. The zero-order valence-electron chi connectivity index (χ0n) is 21.2. The van der Waals surface area contributed by atoms with Gasteiger partial charge >= 0.3 is 12.1 Å². The maximum atomic E-state index is 14.6. The second-order valence-corrected chi connectivity index (χ2v) is 12.4. The standard InChI is InChI=1S/C28H25F4NO6S/c1-40(36,37)8-2-7-38-24-12-22(28(30,31)32)21(13-33-24)15-3-6-23(29)17(9-15)14-39-18-4-5-19-16(10-18)11-20-25(19)26(20)27(34)35/h3-6,9-10,12-13,20,25-26H,2,7-8,11,14H2,1H3,(H,34,35)/t20-,25?,26+/m1/s1. The highest BCUT2D eigenvalue weighted by molar-refractivity contribution is 7.90. The van der Waals surface area contributed by atoms with Crippen LogP contribution in [-0.4, -0.2) is 43.1 Å². The molecule has 0 radical (unpaired) electrons. The van der Waals surface area contributed by atoms with Crippen LogP contribution in [0.5, 0.6) is 11.6 Å². The SMILES string of the molecule is CS(=O)(=O)CCCOc1cc(C(F)(F)F)c(-c2ccc(F)c(COc3ccc4c(c3)C[C@@H]3C4[C@H]3C(=O)O)c2)cn1. The Kier molecular flexibility index (Phi) is 7.24. The van der Waals surface area contributed by atoms with Crippen molar-refractivity contribution in [2.45, 2.75) is 31.5 Å². The number of hydrogen-bond acceptors (Lipinski definition) is 6. The Morgan fingerprint density at radius 1 is 1.12 bits per heavy atom. The monoisotopic (exact) mass is 579 g/mol. The lowest BCUT2D eigenvalue weighted by Gasteiger charge is -2.16. The number of aliphatic carboxylic acids is 1. The zero-order valence-corrected chi connectivity index (χ0v) is 22.1. The third kappa shape index (κ3) is 5.91. The Morgan fingerprint density at radius 2 is 1.90 bits per heavy atom. The number of halogens is 4. The number of carbonyl (C=O) groups is 1. The predicted octanol–water partition coefficient (Wildman–Crippen LogP) is 5.27. The average molecular weight is 580 g/mol. The molecule has 40 heavy (non-hydrogen) atoms. The van der Waals surface area contributed by atoms with Gasteiger partial charge in [-0.15, -0.1) is 0 Å². The molecule has 5 rings (SSSR count). The Morgan fingerprint density at radius 3 is 2.60 bits per heavy atom. The summed E-state index contributed by atoms with van der Waals surface area (Å²) in [6.07, 6.45) is -2.00. The predicted molar refractivity (Wildman–Crippen MR) is 136 cm³/mol. The molecule has 1 fully saturated rings. The van der Waals surface area contributed by atoms with Crippen LogP contribution < -0.4 is 9.47 Å². The number of rotatable bonds is 10. The summed E-state index contributed by atoms with van der Waals surface area (Å²) in [4.78, 5) is 15.2. The van der Waals surface area contributed by atoms with Gasteiger partial charge in [0.25, 0.3) is 0 Å². The van der Waals surface area contributed by atoms with Crippen molar-refractivity contribution >= 4 is 15.8 Å². The van der Waals surface area contributed by atoms with E-state index in [1.54, 1.807) is 12.1 Å². The molecule has 0 aliphatic heterocycles. The maximum Gasteiger partial charge on any atom is 0.417 e. The van der Waals surface area contributed by atoms with Crippen molar-refractivity contribution in [1.82, 2.24) is 4.98 Å². The summed E-state index contributed by atoms with van der Waals surface area (Å²) in [5.74, 6) is -1.74. The first-order valence-electron chi connectivity index (χ1n) is 12.5. The van der Waals surface area contributed by atoms with E-state index in [1.165, 1.54) is 12.1 Å². The summed E-state index contributed by atoms with van der Waals surface area (Å²) >= 11 is 0. The summed E-state index contributed by atoms with van der Waals surface area (Å²) in [5, 5.41) is 9.27. The Hall–Kier alpha value is -3.67. The minimum Gasteiger partial charge on any atom is -0.489 e. The van der Waals surface area contributed by atoms with Gasteiger partial charge in [0, 0.05) is 35.6 Å². The van der Waals surface area contributed by atoms with Crippen LogP contribution in [-0.2, 0) is 33.8 Å². The van der Waals surface area contributed by atoms with Crippen LogP contribution in [0.15, 0.2) is 48.7 Å². The molecule has 0 amide bonds. The van der Waals surface area contributed by atoms with E-state index in [-0.39, 0.29) is 65.7 Å². The second kappa shape index (κ2) is 10.4. The molecular weight excluding hydrogens is 554 g/mol. The lowest BCUT2D eigenvalue weighted by Crippen LogP contribution is -2.11. The van der Waals surface area contributed by atoms with Gasteiger partial charge in [0.1, 0.15) is 28.0 Å². The van der Waals surface area contributed by atoms with Crippen LogP contribution in [0.3, 0.4) is 0 Å². The van der Waals surface area contributed by atoms with Crippen LogP contribution in [0, 0.1) is 17.7 Å². The van der Waals surface area contributed by atoms with E-state index in [0.717, 1.165) is 35.7 Å². The number of nitrogens with zero attached hydrogens (tertiary/aromatic N) is 1. The number of sulfone groups is 1. The van der Waals surface area contributed by atoms with Crippen LogP contribution in [0.4, 0.5) is 17.6 Å².